The summed E-state index contributed by atoms with van der Waals surface area (Å²) in [6.45, 7) is 7.80. The Morgan fingerprint density at radius 1 is 0.789 bits per heavy atom. The molecule has 1 aliphatic heterocycles. The van der Waals surface area contributed by atoms with Gasteiger partial charge < -0.3 is 5.32 Å². The molecule has 0 atom stereocenters. The summed E-state index contributed by atoms with van der Waals surface area (Å²) in [6.07, 6.45) is 10.8. The molecule has 0 spiro atoms. The van der Waals surface area contributed by atoms with Crippen LogP contribution in [0.1, 0.15) is 58.8 Å². The monoisotopic (exact) mass is 261 g/mol. The first-order valence-electron chi connectivity index (χ1n) is 8.85. The van der Waals surface area contributed by atoms with Crippen LogP contribution in [0, 0.1) is 40.9 Å². The molecular weight excluding hydrogens is 230 g/mol. The highest BCUT2D eigenvalue weighted by molar-refractivity contribution is 5.03. The summed E-state index contributed by atoms with van der Waals surface area (Å²) in [6, 6.07) is 0. The Morgan fingerprint density at radius 2 is 1.32 bits per heavy atom. The molecule has 1 heteroatoms. The molecule has 1 N–H and O–H groups in total. The minimum absolute atomic E-state index is 0.602. The molecule has 0 aromatic carbocycles. The van der Waals surface area contributed by atoms with E-state index in [1.807, 2.05) is 0 Å². The van der Waals surface area contributed by atoms with Gasteiger partial charge in [-0.2, -0.15) is 0 Å². The minimum Gasteiger partial charge on any atom is -0.317 e. The van der Waals surface area contributed by atoms with Gasteiger partial charge in [0.1, 0.15) is 0 Å². The van der Waals surface area contributed by atoms with Gasteiger partial charge in [0.2, 0.25) is 0 Å². The Hall–Kier alpha value is -0.0400. The highest BCUT2D eigenvalue weighted by Gasteiger charge is 2.54. The minimum atomic E-state index is 0.602. The fraction of sp³-hybridized carbons (Fsp3) is 1.00. The SMILES string of the molecule is CC(C)(C1CCNCC1)C1C2CC3CC(C2)CC1C3. The Morgan fingerprint density at radius 3 is 1.84 bits per heavy atom. The van der Waals surface area contributed by atoms with E-state index in [1.165, 1.54) is 25.9 Å². The van der Waals surface area contributed by atoms with Gasteiger partial charge >= 0.3 is 0 Å². The van der Waals surface area contributed by atoms with E-state index < -0.39 is 0 Å². The zero-order valence-electron chi connectivity index (χ0n) is 12.8. The van der Waals surface area contributed by atoms with Gasteiger partial charge in [0, 0.05) is 0 Å². The van der Waals surface area contributed by atoms with Crippen molar-refractivity contribution in [2.24, 2.45) is 40.9 Å². The molecule has 4 bridgehead atoms. The summed E-state index contributed by atoms with van der Waals surface area (Å²) in [4.78, 5) is 0. The molecule has 0 aromatic rings. The van der Waals surface area contributed by atoms with Crippen molar-refractivity contribution in [1.82, 2.24) is 5.32 Å². The molecule has 0 unspecified atom stereocenters. The summed E-state index contributed by atoms with van der Waals surface area (Å²) in [5, 5.41) is 3.55. The van der Waals surface area contributed by atoms with Crippen LogP contribution in [0.3, 0.4) is 0 Å². The van der Waals surface area contributed by atoms with Crippen LogP contribution in [-0.4, -0.2) is 13.1 Å². The van der Waals surface area contributed by atoms with Crippen LogP contribution in [0.4, 0.5) is 0 Å². The van der Waals surface area contributed by atoms with E-state index in [0.717, 1.165) is 35.5 Å². The van der Waals surface area contributed by atoms with Crippen LogP contribution < -0.4 is 5.32 Å². The third kappa shape index (κ3) is 1.99. The molecule has 5 fully saturated rings. The van der Waals surface area contributed by atoms with E-state index >= 15 is 0 Å². The number of hydrogen-bond donors (Lipinski definition) is 1. The number of piperidine rings is 1. The van der Waals surface area contributed by atoms with Gasteiger partial charge in [-0.3, -0.25) is 0 Å². The van der Waals surface area contributed by atoms with Crippen molar-refractivity contribution < 1.29 is 0 Å². The van der Waals surface area contributed by atoms with E-state index in [9.17, 15) is 0 Å². The van der Waals surface area contributed by atoms with E-state index in [2.05, 4.69) is 19.2 Å². The standard InChI is InChI=1S/C18H31N/c1-18(2,16-3-5-19-6-4-16)17-14-8-12-7-13(10-14)11-15(17)9-12/h12-17,19H,3-11H2,1-2H3. The van der Waals surface area contributed by atoms with Gasteiger partial charge in [0.25, 0.3) is 0 Å². The van der Waals surface area contributed by atoms with Gasteiger partial charge in [0.05, 0.1) is 0 Å². The zero-order valence-corrected chi connectivity index (χ0v) is 12.8. The van der Waals surface area contributed by atoms with Gasteiger partial charge in [-0.15, -0.1) is 0 Å². The third-order valence-electron chi connectivity index (χ3n) is 7.48. The first-order chi connectivity index (χ1) is 9.14. The number of rotatable bonds is 2. The predicted octanol–water partition coefficient (Wildman–Crippen LogP) is 4.08. The summed E-state index contributed by atoms with van der Waals surface area (Å²) in [5.74, 6) is 6.49. The first kappa shape index (κ1) is 12.7. The van der Waals surface area contributed by atoms with E-state index in [0.29, 0.717) is 5.41 Å². The topological polar surface area (TPSA) is 12.0 Å². The van der Waals surface area contributed by atoms with Crippen molar-refractivity contribution in [3.63, 3.8) is 0 Å². The van der Waals surface area contributed by atoms with Gasteiger partial charge in [-0.25, -0.2) is 0 Å². The summed E-state index contributed by atoms with van der Waals surface area (Å²) in [5.41, 5.74) is 0.602. The molecule has 19 heavy (non-hydrogen) atoms. The number of hydrogen-bond acceptors (Lipinski definition) is 1. The summed E-state index contributed by atoms with van der Waals surface area (Å²) in [7, 11) is 0. The van der Waals surface area contributed by atoms with Crippen molar-refractivity contribution in [2.45, 2.75) is 58.8 Å². The van der Waals surface area contributed by atoms with Crippen molar-refractivity contribution >= 4 is 0 Å². The Balaban J connectivity index is 1.57. The van der Waals surface area contributed by atoms with Crippen LogP contribution in [0.5, 0.6) is 0 Å². The maximum atomic E-state index is 3.55. The average molecular weight is 261 g/mol. The smallest absolute Gasteiger partial charge is 0.00461 e. The summed E-state index contributed by atoms with van der Waals surface area (Å²) >= 11 is 0. The average Bonchev–Trinajstić information content (AvgIpc) is 2.38. The zero-order chi connectivity index (χ0) is 13.0. The maximum Gasteiger partial charge on any atom is -0.00461 e. The highest BCUT2D eigenvalue weighted by Crippen LogP contribution is 2.62. The predicted molar refractivity (Wildman–Crippen MR) is 79.9 cm³/mol. The third-order valence-corrected chi connectivity index (χ3v) is 7.48. The highest BCUT2D eigenvalue weighted by atomic mass is 14.9. The normalized spacial score (nSPS) is 46.7. The molecule has 0 amide bonds. The first-order valence-corrected chi connectivity index (χ1v) is 8.85. The molecule has 108 valence electrons. The van der Waals surface area contributed by atoms with Crippen LogP contribution in [0.15, 0.2) is 0 Å². The van der Waals surface area contributed by atoms with E-state index in [1.54, 1.807) is 32.1 Å². The lowest BCUT2D eigenvalue weighted by molar-refractivity contribution is -0.107. The second-order valence-corrected chi connectivity index (χ2v) is 8.80. The van der Waals surface area contributed by atoms with Gasteiger partial charge in [0.15, 0.2) is 0 Å². The lowest BCUT2D eigenvalue weighted by Gasteiger charge is -2.60. The largest absolute Gasteiger partial charge is 0.317 e. The Labute approximate surface area is 118 Å². The fourth-order valence-corrected chi connectivity index (χ4v) is 6.98. The molecule has 4 aliphatic carbocycles. The van der Waals surface area contributed by atoms with E-state index in [4.69, 9.17) is 0 Å². The van der Waals surface area contributed by atoms with Gasteiger partial charge in [-0.05, 0) is 99.0 Å². The lowest BCUT2D eigenvalue weighted by atomic mass is 9.45. The molecule has 1 nitrogen and oxygen atoms in total. The molecule has 5 rings (SSSR count). The van der Waals surface area contributed by atoms with Crippen LogP contribution >= 0.6 is 0 Å². The molecule has 1 saturated heterocycles. The Bertz CT molecular complexity index is 312. The van der Waals surface area contributed by atoms with Crippen molar-refractivity contribution in [1.29, 1.82) is 0 Å². The van der Waals surface area contributed by atoms with Crippen LogP contribution in [-0.2, 0) is 0 Å². The second kappa shape index (κ2) is 4.48. The van der Waals surface area contributed by atoms with E-state index in [-0.39, 0.29) is 0 Å². The molecule has 4 saturated carbocycles. The Kier molecular flexibility index (Phi) is 2.99. The quantitative estimate of drug-likeness (QED) is 0.789. The van der Waals surface area contributed by atoms with Crippen LogP contribution in [0.2, 0.25) is 0 Å². The lowest BCUT2D eigenvalue weighted by Crippen LogP contribution is -2.53. The molecular formula is C18H31N. The van der Waals surface area contributed by atoms with Gasteiger partial charge in [-0.1, -0.05) is 13.8 Å². The number of nitrogens with one attached hydrogen (secondary N) is 1. The van der Waals surface area contributed by atoms with Crippen molar-refractivity contribution in [2.75, 3.05) is 13.1 Å². The second-order valence-electron chi connectivity index (χ2n) is 8.80. The molecule has 0 radical (unpaired) electrons. The molecule has 5 aliphatic rings. The van der Waals surface area contributed by atoms with Crippen molar-refractivity contribution in [3.8, 4) is 0 Å². The molecule has 0 aromatic heterocycles. The maximum absolute atomic E-state index is 3.55. The van der Waals surface area contributed by atoms with Crippen LogP contribution in [0.25, 0.3) is 0 Å². The fourth-order valence-electron chi connectivity index (χ4n) is 6.98. The molecule has 1 heterocycles. The van der Waals surface area contributed by atoms with Crippen molar-refractivity contribution in [3.05, 3.63) is 0 Å². The summed E-state index contributed by atoms with van der Waals surface area (Å²) < 4.78 is 0.